The first-order valence-electron chi connectivity index (χ1n) is 5.66. The van der Waals surface area contributed by atoms with Gasteiger partial charge in [0.15, 0.2) is 5.78 Å². The van der Waals surface area contributed by atoms with Gasteiger partial charge in [-0.25, -0.2) is 8.78 Å². The molecule has 2 aromatic carbocycles. The third-order valence-corrected chi connectivity index (χ3v) is 4.13. The molecule has 0 aromatic heterocycles. The number of carbonyl (C=O) groups is 1. The van der Waals surface area contributed by atoms with Crippen molar-refractivity contribution in [3.8, 4) is 0 Å². The van der Waals surface area contributed by atoms with E-state index in [0.717, 1.165) is 21.7 Å². The summed E-state index contributed by atoms with van der Waals surface area (Å²) >= 11 is 3.41. The van der Waals surface area contributed by atoms with Crippen LogP contribution >= 0.6 is 15.9 Å². The van der Waals surface area contributed by atoms with Gasteiger partial charge in [0.2, 0.25) is 0 Å². The summed E-state index contributed by atoms with van der Waals surface area (Å²) < 4.78 is 27.4. The molecule has 0 aliphatic rings. The first kappa shape index (κ1) is 13.9. The van der Waals surface area contributed by atoms with Crippen LogP contribution in [0.1, 0.15) is 27.0 Å². The van der Waals surface area contributed by atoms with Crippen LogP contribution in [-0.2, 0) is 0 Å². The SMILES string of the molecule is Cc1cc(C(=O)c2ccc(F)cc2F)cc(C)c1Br. The highest BCUT2D eigenvalue weighted by molar-refractivity contribution is 9.10. The Kier molecular flexibility index (Phi) is 3.80. The number of benzene rings is 2. The molecule has 4 heteroatoms. The van der Waals surface area contributed by atoms with Gasteiger partial charge >= 0.3 is 0 Å². The number of carbonyl (C=O) groups excluding carboxylic acids is 1. The molecule has 2 aromatic rings. The Morgan fingerprint density at radius 1 is 1.05 bits per heavy atom. The molecule has 0 spiro atoms. The van der Waals surface area contributed by atoms with E-state index in [1.165, 1.54) is 6.07 Å². The molecule has 0 aliphatic heterocycles. The normalized spacial score (nSPS) is 10.6. The second-order valence-electron chi connectivity index (χ2n) is 4.38. The van der Waals surface area contributed by atoms with E-state index < -0.39 is 17.4 Å². The number of halogens is 3. The van der Waals surface area contributed by atoms with Crippen molar-refractivity contribution < 1.29 is 13.6 Å². The summed E-state index contributed by atoms with van der Waals surface area (Å²) in [5.41, 5.74) is 2.06. The fourth-order valence-corrected chi connectivity index (χ4v) is 2.14. The molecule has 0 aliphatic carbocycles. The zero-order chi connectivity index (χ0) is 14.2. The molecule has 98 valence electrons. The molecule has 0 atom stereocenters. The average Bonchev–Trinajstić information content (AvgIpc) is 2.34. The quantitative estimate of drug-likeness (QED) is 0.739. The Bertz CT molecular complexity index is 642. The van der Waals surface area contributed by atoms with Crippen LogP contribution in [0.4, 0.5) is 8.78 Å². The van der Waals surface area contributed by atoms with Gasteiger partial charge in [-0.15, -0.1) is 0 Å². The Hall–Kier alpha value is -1.55. The summed E-state index contributed by atoms with van der Waals surface area (Å²) in [5, 5.41) is 0. The van der Waals surface area contributed by atoms with Crippen molar-refractivity contribution in [3.05, 3.63) is 68.7 Å². The topological polar surface area (TPSA) is 17.1 Å². The predicted octanol–water partition coefficient (Wildman–Crippen LogP) is 4.58. The smallest absolute Gasteiger partial charge is 0.195 e. The van der Waals surface area contributed by atoms with Crippen molar-refractivity contribution in [1.82, 2.24) is 0 Å². The molecule has 0 N–H and O–H groups in total. The predicted molar refractivity (Wildman–Crippen MR) is 73.4 cm³/mol. The van der Waals surface area contributed by atoms with Gasteiger partial charge in [-0.1, -0.05) is 15.9 Å². The molecular formula is C15H11BrF2O. The van der Waals surface area contributed by atoms with Crippen LogP contribution in [0.5, 0.6) is 0 Å². The van der Waals surface area contributed by atoms with Crippen LogP contribution < -0.4 is 0 Å². The molecule has 0 heterocycles. The lowest BCUT2D eigenvalue weighted by Gasteiger charge is -2.08. The fraction of sp³-hybridized carbons (Fsp3) is 0.133. The number of hydrogen-bond donors (Lipinski definition) is 0. The van der Waals surface area contributed by atoms with Gasteiger partial charge < -0.3 is 0 Å². The van der Waals surface area contributed by atoms with E-state index in [-0.39, 0.29) is 5.56 Å². The van der Waals surface area contributed by atoms with Gasteiger partial charge in [-0.2, -0.15) is 0 Å². The van der Waals surface area contributed by atoms with Gasteiger partial charge in [0, 0.05) is 16.1 Å². The van der Waals surface area contributed by atoms with Gasteiger partial charge in [0.1, 0.15) is 11.6 Å². The Balaban J connectivity index is 2.50. The van der Waals surface area contributed by atoms with Crippen LogP contribution in [0.3, 0.4) is 0 Å². The minimum atomic E-state index is -0.844. The molecule has 19 heavy (non-hydrogen) atoms. The van der Waals surface area contributed by atoms with E-state index in [1.807, 2.05) is 13.8 Å². The zero-order valence-electron chi connectivity index (χ0n) is 10.4. The zero-order valence-corrected chi connectivity index (χ0v) is 12.0. The van der Waals surface area contributed by atoms with Crippen molar-refractivity contribution in [2.75, 3.05) is 0 Å². The maximum atomic E-state index is 13.6. The van der Waals surface area contributed by atoms with Gasteiger partial charge in [0.05, 0.1) is 5.56 Å². The van der Waals surface area contributed by atoms with Crippen molar-refractivity contribution in [2.45, 2.75) is 13.8 Å². The molecule has 0 saturated heterocycles. The minimum Gasteiger partial charge on any atom is -0.288 e. The maximum Gasteiger partial charge on any atom is 0.195 e. The number of ketones is 1. The lowest BCUT2D eigenvalue weighted by atomic mass is 9.99. The summed E-state index contributed by atoms with van der Waals surface area (Å²) in [6.07, 6.45) is 0. The van der Waals surface area contributed by atoms with Crippen LogP contribution in [0, 0.1) is 25.5 Å². The molecule has 1 nitrogen and oxygen atoms in total. The van der Waals surface area contributed by atoms with Gasteiger partial charge in [-0.05, 0) is 49.2 Å². The van der Waals surface area contributed by atoms with E-state index in [0.29, 0.717) is 11.6 Å². The monoisotopic (exact) mass is 324 g/mol. The molecule has 0 radical (unpaired) electrons. The summed E-state index contributed by atoms with van der Waals surface area (Å²) in [6, 6.07) is 6.32. The second-order valence-corrected chi connectivity index (χ2v) is 5.17. The molecule has 2 rings (SSSR count). The van der Waals surface area contributed by atoms with Crippen molar-refractivity contribution >= 4 is 21.7 Å². The first-order valence-corrected chi connectivity index (χ1v) is 6.46. The van der Waals surface area contributed by atoms with E-state index in [4.69, 9.17) is 0 Å². The largest absolute Gasteiger partial charge is 0.288 e. The third-order valence-electron chi connectivity index (χ3n) is 2.87. The standard InChI is InChI=1S/C15H11BrF2O/c1-8-5-10(6-9(2)14(8)16)15(19)12-4-3-11(17)7-13(12)18/h3-7H,1-2H3. The van der Waals surface area contributed by atoms with E-state index >= 15 is 0 Å². The second kappa shape index (κ2) is 5.21. The molecule has 0 amide bonds. The molecule has 0 unspecified atom stereocenters. The Morgan fingerprint density at radius 3 is 2.16 bits per heavy atom. The summed E-state index contributed by atoms with van der Waals surface area (Å²) in [6.45, 7) is 3.71. The summed E-state index contributed by atoms with van der Waals surface area (Å²) in [5.74, 6) is -1.99. The maximum absolute atomic E-state index is 13.6. The first-order chi connectivity index (χ1) is 8.90. The highest BCUT2D eigenvalue weighted by Gasteiger charge is 2.16. The molecule has 0 fully saturated rings. The van der Waals surface area contributed by atoms with Crippen molar-refractivity contribution in [3.63, 3.8) is 0 Å². The molecule has 0 bridgehead atoms. The number of hydrogen-bond acceptors (Lipinski definition) is 1. The molecule has 0 saturated carbocycles. The molecular weight excluding hydrogens is 314 g/mol. The van der Waals surface area contributed by atoms with E-state index in [2.05, 4.69) is 15.9 Å². The van der Waals surface area contributed by atoms with E-state index in [9.17, 15) is 13.6 Å². The van der Waals surface area contributed by atoms with Crippen LogP contribution in [-0.4, -0.2) is 5.78 Å². The Morgan fingerprint density at radius 2 is 1.63 bits per heavy atom. The van der Waals surface area contributed by atoms with Crippen molar-refractivity contribution in [2.24, 2.45) is 0 Å². The van der Waals surface area contributed by atoms with Gasteiger partial charge in [0.25, 0.3) is 0 Å². The highest BCUT2D eigenvalue weighted by atomic mass is 79.9. The van der Waals surface area contributed by atoms with Crippen molar-refractivity contribution in [1.29, 1.82) is 0 Å². The average molecular weight is 325 g/mol. The summed E-state index contributed by atoms with van der Waals surface area (Å²) in [4.78, 5) is 12.2. The lowest BCUT2D eigenvalue weighted by molar-refractivity contribution is 0.103. The van der Waals surface area contributed by atoms with E-state index in [1.54, 1.807) is 12.1 Å². The number of rotatable bonds is 2. The minimum absolute atomic E-state index is 0.123. The van der Waals surface area contributed by atoms with Crippen LogP contribution in [0.15, 0.2) is 34.8 Å². The van der Waals surface area contributed by atoms with Crippen LogP contribution in [0.2, 0.25) is 0 Å². The van der Waals surface area contributed by atoms with Crippen LogP contribution in [0.25, 0.3) is 0 Å². The number of aryl methyl sites for hydroxylation is 2. The summed E-state index contributed by atoms with van der Waals surface area (Å²) in [7, 11) is 0. The fourth-order valence-electron chi connectivity index (χ4n) is 1.91. The highest BCUT2D eigenvalue weighted by Crippen LogP contribution is 2.24. The van der Waals surface area contributed by atoms with Gasteiger partial charge in [-0.3, -0.25) is 4.79 Å². The third kappa shape index (κ3) is 2.73. The lowest BCUT2D eigenvalue weighted by Crippen LogP contribution is -2.05. The Labute approximate surface area is 118 Å².